The fourth-order valence-electron chi connectivity index (χ4n) is 1.49. The van der Waals surface area contributed by atoms with Gasteiger partial charge in [-0.05, 0) is 36.7 Å². The second kappa shape index (κ2) is 6.61. The highest BCUT2D eigenvalue weighted by molar-refractivity contribution is 9.10. The van der Waals surface area contributed by atoms with Gasteiger partial charge in [-0.1, -0.05) is 22.9 Å². The fourth-order valence-corrected chi connectivity index (χ4v) is 1.96. The standard InChI is InChI=1S/C12H16BrNO3/c1-3-6-14-11(12(15)16)9-7-8(17-2)4-5-10(9)13/h4-5,7,11,14H,3,6H2,1-2H3,(H,15,16). The van der Waals surface area contributed by atoms with E-state index in [1.165, 1.54) is 0 Å². The van der Waals surface area contributed by atoms with E-state index in [1.807, 2.05) is 6.92 Å². The highest BCUT2D eigenvalue weighted by atomic mass is 79.9. The van der Waals surface area contributed by atoms with Crippen LogP contribution in [0.1, 0.15) is 24.9 Å². The Kier molecular flexibility index (Phi) is 5.44. The Morgan fingerprint density at radius 1 is 1.59 bits per heavy atom. The molecule has 94 valence electrons. The second-order valence-electron chi connectivity index (χ2n) is 3.61. The van der Waals surface area contributed by atoms with E-state index in [9.17, 15) is 9.90 Å². The topological polar surface area (TPSA) is 58.6 Å². The lowest BCUT2D eigenvalue weighted by atomic mass is 10.1. The van der Waals surface area contributed by atoms with Crippen LogP contribution in [0.25, 0.3) is 0 Å². The number of benzene rings is 1. The Morgan fingerprint density at radius 2 is 2.29 bits per heavy atom. The van der Waals surface area contributed by atoms with Gasteiger partial charge >= 0.3 is 5.97 Å². The predicted octanol–water partition coefficient (Wildman–Crippen LogP) is 2.58. The van der Waals surface area contributed by atoms with E-state index in [1.54, 1.807) is 25.3 Å². The lowest BCUT2D eigenvalue weighted by Gasteiger charge is -2.16. The molecule has 1 aromatic rings. The van der Waals surface area contributed by atoms with Crippen LogP contribution in [0.4, 0.5) is 0 Å². The van der Waals surface area contributed by atoms with Gasteiger partial charge in [0.1, 0.15) is 11.8 Å². The fraction of sp³-hybridized carbons (Fsp3) is 0.417. The van der Waals surface area contributed by atoms with Crippen molar-refractivity contribution in [2.24, 2.45) is 0 Å². The maximum absolute atomic E-state index is 11.2. The number of rotatable bonds is 6. The highest BCUT2D eigenvalue weighted by Crippen LogP contribution is 2.28. The summed E-state index contributed by atoms with van der Waals surface area (Å²) in [6.45, 7) is 2.65. The first-order valence-electron chi connectivity index (χ1n) is 5.39. The van der Waals surface area contributed by atoms with Crippen molar-refractivity contribution in [3.8, 4) is 5.75 Å². The molecule has 0 aliphatic rings. The summed E-state index contributed by atoms with van der Waals surface area (Å²) >= 11 is 3.36. The Labute approximate surface area is 109 Å². The molecule has 1 aromatic carbocycles. The lowest BCUT2D eigenvalue weighted by molar-refractivity contribution is -0.139. The number of nitrogens with one attached hydrogen (secondary N) is 1. The molecule has 0 fully saturated rings. The van der Waals surface area contributed by atoms with Crippen LogP contribution in [0.2, 0.25) is 0 Å². The summed E-state index contributed by atoms with van der Waals surface area (Å²) in [4.78, 5) is 11.2. The Balaban J connectivity index is 3.03. The molecule has 0 saturated heterocycles. The van der Waals surface area contributed by atoms with E-state index in [4.69, 9.17) is 4.74 Å². The smallest absolute Gasteiger partial charge is 0.325 e. The van der Waals surface area contributed by atoms with E-state index < -0.39 is 12.0 Å². The quantitative estimate of drug-likeness (QED) is 0.848. The molecule has 4 nitrogen and oxygen atoms in total. The van der Waals surface area contributed by atoms with Crippen LogP contribution in [0, 0.1) is 0 Å². The van der Waals surface area contributed by atoms with Gasteiger partial charge in [-0.2, -0.15) is 0 Å². The van der Waals surface area contributed by atoms with Gasteiger partial charge in [0, 0.05) is 4.47 Å². The molecule has 0 bridgehead atoms. The summed E-state index contributed by atoms with van der Waals surface area (Å²) in [7, 11) is 1.56. The monoisotopic (exact) mass is 301 g/mol. The van der Waals surface area contributed by atoms with Crippen molar-refractivity contribution in [2.45, 2.75) is 19.4 Å². The zero-order valence-electron chi connectivity index (χ0n) is 9.87. The van der Waals surface area contributed by atoms with Gasteiger partial charge in [0.15, 0.2) is 0 Å². The average molecular weight is 302 g/mol. The summed E-state index contributed by atoms with van der Waals surface area (Å²) in [6.07, 6.45) is 0.880. The summed E-state index contributed by atoms with van der Waals surface area (Å²) in [6, 6.07) is 4.58. The van der Waals surface area contributed by atoms with Gasteiger partial charge in [-0.3, -0.25) is 4.79 Å². The van der Waals surface area contributed by atoms with Crippen LogP contribution in [-0.4, -0.2) is 24.7 Å². The summed E-state index contributed by atoms with van der Waals surface area (Å²) in [5.74, 6) is -0.250. The van der Waals surface area contributed by atoms with Crippen molar-refractivity contribution in [1.82, 2.24) is 5.32 Å². The SMILES string of the molecule is CCCNC(C(=O)O)c1cc(OC)ccc1Br. The molecule has 5 heteroatoms. The average Bonchev–Trinajstić information content (AvgIpc) is 2.31. The molecule has 0 heterocycles. The van der Waals surface area contributed by atoms with Crippen molar-refractivity contribution >= 4 is 21.9 Å². The maximum Gasteiger partial charge on any atom is 0.325 e. The summed E-state index contributed by atoms with van der Waals surface area (Å²) in [5.41, 5.74) is 0.672. The van der Waals surface area contributed by atoms with Crippen LogP contribution < -0.4 is 10.1 Å². The first-order chi connectivity index (χ1) is 8.10. The van der Waals surface area contributed by atoms with Gasteiger partial charge in [-0.25, -0.2) is 0 Å². The first-order valence-corrected chi connectivity index (χ1v) is 6.19. The molecule has 0 radical (unpaired) electrons. The molecule has 1 unspecified atom stereocenters. The van der Waals surface area contributed by atoms with Crippen LogP contribution in [0.3, 0.4) is 0 Å². The van der Waals surface area contributed by atoms with Gasteiger partial charge < -0.3 is 15.2 Å². The lowest BCUT2D eigenvalue weighted by Crippen LogP contribution is -2.29. The Morgan fingerprint density at radius 3 is 2.82 bits per heavy atom. The largest absolute Gasteiger partial charge is 0.497 e. The normalized spacial score (nSPS) is 12.2. The Bertz CT molecular complexity index is 395. The van der Waals surface area contributed by atoms with Gasteiger partial charge in [0.25, 0.3) is 0 Å². The van der Waals surface area contributed by atoms with E-state index in [2.05, 4.69) is 21.2 Å². The molecular formula is C12H16BrNO3. The molecule has 17 heavy (non-hydrogen) atoms. The molecule has 0 aliphatic heterocycles. The van der Waals surface area contributed by atoms with Crippen LogP contribution in [0.15, 0.2) is 22.7 Å². The zero-order valence-corrected chi connectivity index (χ0v) is 11.5. The van der Waals surface area contributed by atoms with E-state index in [0.717, 1.165) is 10.9 Å². The van der Waals surface area contributed by atoms with Crippen LogP contribution in [-0.2, 0) is 4.79 Å². The highest BCUT2D eigenvalue weighted by Gasteiger charge is 2.21. The number of carbonyl (C=O) groups is 1. The number of carboxylic acid groups (broad SMARTS) is 1. The van der Waals surface area contributed by atoms with Gasteiger partial charge in [0.05, 0.1) is 7.11 Å². The van der Waals surface area contributed by atoms with Crippen molar-refractivity contribution in [3.63, 3.8) is 0 Å². The van der Waals surface area contributed by atoms with E-state index in [-0.39, 0.29) is 0 Å². The third-order valence-corrected chi connectivity index (χ3v) is 3.08. The molecular weight excluding hydrogens is 286 g/mol. The molecule has 1 rings (SSSR count). The van der Waals surface area contributed by atoms with E-state index in [0.29, 0.717) is 17.9 Å². The van der Waals surface area contributed by atoms with Gasteiger partial charge in [-0.15, -0.1) is 0 Å². The zero-order chi connectivity index (χ0) is 12.8. The first kappa shape index (κ1) is 14.0. The number of methoxy groups -OCH3 is 1. The third-order valence-electron chi connectivity index (χ3n) is 2.36. The molecule has 2 N–H and O–H groups in total. The maximum atomic E-state index is 11.2. The molecule has 0 aliphatic carbocycles. The number of hydrogen-bond acceptors (Lipinski definition) is 3. The molecule has 0 aromatic heterocycles. The van der Waals surface area contributed by atoms with Crippen molar-refractivity contribution in [2.75, 3.05) is 13.7 Å². The van der Waals surface area contributed by atoms with Crippen molar-refractivity contribution in [1.29, 1.82) is 0 Å². The number of halogens is 1. The van der Waals surface area contributed by atoms with Crippen LogP contribution in [0.5, 0.6) is 5.75 Å². The summed E-state index contributed by atoms with van der Waals surface area (Å²) in [5, 5.41) is 12.2. The number of ether oxygens (including phenoxy) is 1. The molecule has 0 saturated carbocycles. The predicted molar refractivity (Wildman–Crippen MR) is 69.4 cm³/mol. The van der Waals surface area contributed by atoms with Crippen LogP contribution >= 0.6 is 15.9 Å². The molecule has 1 atom stereocenters. The molecule has 0 spiro atoms. The second-order valence-corrected chi connectivity index (χ2v) is 4.47. The minimum atomic E-state index is -0.896. The number of hydrogen-bond donors (Lipinski definition) is 2. The number of aliphatic carboxylic acids is 1. The molecule has 0 amide bonds. The Hall–Kier alpha value is -1.07. The van der Waals surface area contributed by atoms with Crippen molar-refractivity contribution in [3.05, 3.63) is 28.2 Å². The summed E-state index contributed by atoms with van der Waals surface area (Å²) < 4.78 is 5.86. The minimum Gasteiger partial charge on any atom is -0.497 e. The van der Waals surface area contributed by atoms with Gasteiger partial charge in [0.2, 0.25) is 0 Å². The third kappa shape index (κ3) is 3.71. The minimum absolute atomic E-state index is 0.646. The van der Waals surface area contributed by atoms with E-state index >= 15 is 0 Å². The van der Waals surface area contributed by atoms with Crippen molar-refractivity contribution < 1.29 is 14.6 Å². The number of carboxylic acids is 1.